The zero-order valence-corrected chi connectivity index (χ0v) is 14.3. The maximum Gasteiger partial charge on any atom is 0.244 e. The lowest BCUT2D eigenvalue weighted by molar-refractivity contribution is 0.402. The molecule has 1 aromatic heterocycles. The minimum absolute atomic E-state index is 0.0150. The van der Waals surface area contributed by atoms with Crippen LogP contribution in [0.2, 0.25) is 5.02 Å². The van der Waals surface area contributed by atoms with Crippen molar-refractivity contribution in [3.05, 3.63) is 29.0 Å². The van der Waals surface area contributed by atoms with E-state index in [1.54, 1.807) is 13.0 Å². The Hall–Kier alpha value is -1.29. The first-order chi connectivity index (χ1) is 10.4. The van der Waals surface area contributed by atoms with Crippen LogP contribution in [0.3, 0.4) is 0 Å². The van der Waals surface area contributed by atoms with Gasteiger partial charge in [0.1, 0.15) is 16.5 Å². The van der Waals surface area contributed by atoms with Crippen LogP contribution < -0.4 is 9.46 Å². The predicted octanol–water partition coefficient (Wildman–Crippen LogP) is 1.85. The molecular weight excluding hydrogens is 348 g/mol. The summed E-state index contributed by atoms with van der Waals surface area (Å²) in [6.45, 7) is 2.03. The predicted molar refractivity (Wildman–Crippen MR) is 85.0 cm³/mol. The molecular formula is C12H15ClN4O3S2. The van der Waals surface area contributed by atoms with Crippen LogP contribution in [0.5, 0.6) is 5.75 Å². The molecule has 0 unspecified atom stereocenters. The van der Waals surface area contributed by atoms with Crippen molar-refractivity contribution in [1.29, 1.82) is 0 Å². The summed E-state index contributed by atoms with van der Waals surface area (Å²) in [6, 6.07) is 4.44. The topological polar surface area (TPSA) is 97.0 Å². The van der Waals surface area contributed by atoms with Crippen LogP contribution >= 0.6 is 23.4 Å². The summed E-state index contributed by atoms with van der Waals surface area (Å²) >= 11 is 7.20. The summed E-state index contributed by atoms with van der Waals surface area (Å²) in [4.78, 5) is 4.14. The quantitative estimate of drug-likeness (QED) is 0.576. The SMILES string of the molecule is COc1ccc(Cl)cc1S(=O)(=O)NCCSc1n[nH]c(C)n1. The van der Waals surface area contributed by atoms with Gasteiger partial charge in [-0.05, 0) is 25.1 Å². The van der Waals surface area contributed by atoms with Crippen LogP contribution in [0.1, 0.15) is 5.82 Å². The van der Waals surface area contributed by atoms with Gasteiger partial charge in [0.2, 0.25) is 15.2 Å². The third-order valence-corrected chi connectivity index (χ3v) is 5.18. The Kier molecular flexibility index (Phi) is 5.68. The van der Waals surface area contributed by atoms with Crippen molar-refractivity contribution < 1.29 is 13.2 Å². The van der Waals surface area contributed by atoms with Crippen LogP contribution in [0.4, 0.5) is 0 Å². The molecule has 0 fully saturated rings. The van der Waals surface area contributed by atoms with Crippen molar-refractivity contribution in [1.82, 2.24) is 19.9 Å². The fraction of sp³-hybridized carbons (Fsp3) is 0.333. The van der Waals surface area contributed by atoms with E-state index in [0.717, 1.165) is 0 Å². The molecule has 1 heterocycles. The summed E-state index contributed by atoms with van der Waals surface area (Å²) in [6.07, 6.45) is 0. The second-order valence-corrected chi connectivity index (χ2v) is 7.48. The lowest BCUT2D eigenvalue weighted by atomic mass is 10.3. The van der Waals surface area contributed by atoms with Gasteiger partial charge in [-0.1, -0.05) is 23.4 Å². The molecule has 120 valence electrons. The van der Waals surface area contributed by atoms with Gasteiger partial charge in [0, 0.05) is 17.3 Å². The molecule has 10 heteroatoms. The number of halogens is 1. The van der Waals surface area contributed by atoms with E-state index in [1.807, 2.05) is 0 Å². The molecule has 2 rings (SSSR count). The number of rotatable bonds is 7. The average molecular weight is 363 g/mol. The lowest BCUT2D eigenvalue weighted by Gasteiger charge is -2.10. The number of ether oxygens (including phenoxy) is 1. The molecule has 0 aliphatic heterocycles. The van der Waals surface area contributed by atoms with Crippen LogP contribution in [-0.4, -0.2) is 43.0 Å². The van der Waals surface area contributed by atoms with Crippen LogP contribution in [0.25, 0.3) is 0 Å². The number of hydrogen-bond acceptors (Lipinski definition) is 6. The first kappa shape index (κ1) is 17.1. The Morgan fingerprint density at radius 2 is 2.23 bits per heavy atom. The van der Waals surface area contributed by atoms with Crippen molar-refractivity contribution in [2.45, 2.75) is 17.0 Å². The van der Waals surface area contributed by atoms with Gasteiger partial charge < -0.3 is 4.74 Å². The Morgan fingerprint density at radius 1 is 1.45 bits per heavy atom. The van der Waals surface area contributed by atoms with Gasteiger partial charge in [0.05, 0.1) is 7.11 Å². The van der Waals surface area contributed by atoms with E-state index in [0.29, 0.717) is 21.8 Å². The molecule has 2 aromatic rings. The number of aryl methyl sites for hydroxylation is 1. The number of benzene rings is 1. The summed E-state index contributed by atoms with van der Waals surface area (Å²) in [5, 5.41) is 7.59. The van der Waals surface area contributed by atoms with Crippen LogP contribution in [0.15, 0.2) is 28.3 Å². The molecule has 0 bridgehead atoms. The summed E-state index contributed by atoms with van der Waals surface area (Å²) in [7, 11) is -2.29. The molecule has 0 aliphatic rings. The highest BCUT2D eigenvalue weighted by atomic mass is 35.5. The third kappa shape index (κ3) is 4.35. The maximum absolute atomic E-state index is 12.3. The second kappa shape index (κ2) is 7.32. The molecule has 0 radical (unpaired) electrons. The van der Waals surface area contributed by atoms with E-state index in [1.165, 1.54) is 31.0 Å². The Morgan fingerprint density at radius 3 is 2.86 bits per heavy atom. The number of aromatic amines is 1. The number of nitrogens with one attached hydrogen (secondary N) is 2. The minimum Gasteiger partial charge on any atom is -0.495 e. The first-order valence-corrected chi connectivity index (χ1v) is 9.12. The van der Waals surface area contributed by atoms with Crippen molar-refractivity contribution in [2.24, 2.45) is 0 Å². The minimum atomic E-state index is -3.70. The zero-order valence-electron chi connectivity index (χ0n) is 12.0. The highest BCUT2D eigenvalue weighted by molar-refractivity contribution is 7.99. The van der Waals surface area contributed by atoms with Gasteiger partial charge in [0.25, 0.3) is 0 Å². The Balaban J connectivity index is 1.98. The number of aromatic nitrogens is 3. The summed E-state index contributed by atoms with van der Waals surface area (Å²) in [5.74, 6) is 1.46. The smallest absolute Gasteiger partial charge is 0.244 e. The van der Waals surface area contributed by atoms with E-state index in [2.05, 4.69) is 19.9 Å². The van der Waals surface area contributed by atoms with E-state index in [4.69, 9.17) is 16.3 Å². The van der Waals surface area contributed by atoms with Crippen molar-refractivity contribution >= 4 is 33.4 Å². The highest BCUT2D eigenvalue weighted by Gasteiger charge is 2.19. The number of methoxy groups -OCH3 is 1. The largest absolute Gasteiger partial charge is 0.495 e. The molecule has 0 atom stereocenters. The summed E-state index contributed by atoms with van der Waals surface area (Å²) in [5.41, 5.74) is 0. The van der Waals surface area contributed by atoms with Gasteiger partial charge in [0.15, 0.2) is 0 Å². The molecule has 0 aliphatic carbocycles. The number of hydrogen-bond donors (Lipinski definition) is 2. The van der Waals surface area contributed by atoms with Crippen LogP contribution in [-0.2, 0) is 10.0 Å². The molecule has 7 nitrogen and oxygen atoms in total. The van der Waals surface area contributed by atoms with Crippen molar-refractivity contribution in [3.63, 3.8) is 0 Å². The van der Waals surface area contributed by atoms with Gasteiger partial charge in [-0.15, -0.1) is 5.10 Å². The van der Waals surface area contributed by atoms with Crippen molar-refractivity contribution in [2.75, 3.05) is 19.4 Å². The molecule has 0 saturated carbocycles. The number of sulfonamides is 1. The normalized spacial score (nSPS) is 11.6. The van der Waals surface area contributed by atoms with E-state index >= 15 is 0 Å². The first-order valence-electron chi connectivity index (χ1n) is 6.27. The van der Waals surface area contributed by atoms with Crippen LogP contribution in [0, 0.1) is 6.92 Å². The Bertz CT molecular complexity index is 749. The van der Waals surface area contributed by atoms with Crippen molar-refractivity contribution in [3.8, 4) is 5.75 Å². The van der Waals surface area contributed by atoms with Gasteiger partial charge in [-0.3, -0.25) is 5.10 Å². The number of nitrogens with zero attached hydrogens (tertiary/aromatic N) is 2. The third-order valence-electron chi connectivity index (χ3n) is 2.62. The fourth-order valence-corrected chi connectivity index (χ4v) is 3.93. The maximum atomic E-state index is 12.3. The van der Waals surface area contributed by atoms with E-state index < -0.39 is 10.0 Å². The zero-order chi connectivity index (χ0) is 16.2. The number of H-pyrrole nitrogens is 1. The molecule has 22 heavy (non-hydrogen) atoms. The highest BCUT2D eigenvalue weighted by Crippen LogP contribution is 2.26. The molecule has 0 spiro atoms. The molecule has 0 saturated heterocycles. The lowest BCUT2D eigenvalue weighted by Crippen LogP contribution is -2.26. The molecule has 0 amide bonds. The standard InChI is InChI=1S/C12H15ClN4O3S2/c1-8-15-12(17-16-8)21-6-5-14-22(18,19)11-7-9(13)3-4-10(11)20-2/h3-4,7,14H,5-6H2,1-2H3,(H,15,16,17). The molecule has 2 N–H and O–H groups in total. The number of thioether (sulfide) groups is 1. The average Bonchev–Trinajstić information content (AvgIpc) is 2.89. The van der Waals surface area contributed by atoms with Gasteiger partial charge in [-0.2, -0.15) is 0 Å². The Labute approximate surface area is 137 Å². The van der Waals surface area contributed by atoms with Gasteiger partial charge >= 0.3 is 0 Å². The van der Waals surface area contributed by atoms with E-state index in [-0.39, 0.29) is 17.2 Å². The fourth-order valence-electron chi connectivity index (χ4n) is 1.64. The second-order valence-electron chi connectivity index (χ2n) is 4.24. The molecule has 1 aromatic carbocycles. The summed E-state index contributed by atoms with van der Waals surface area (Å²) < 4.78 is 32.1. The van der Waals surface area contributed by atoms with E-state index in [9.17, 15) is 8.42 Å². The van der Waals surface area contributed by atoms with Gasteiger partial charge in [-0.25, -0.2) is 18.1 Å². The monoisotopic (exact) mass is 362 g/mol.